The van der Waals surface area contributed by atoms with E-state index in [1.807, 2.05) is 4.57 Å². The first-order chi connectivity index (χ1) is 17.4. The van der Waals surface area contributed by atoms with Gasteiger partial charge in [-0.05, 0) is 51.2 Å². The highest BCUT2D eigenvalue weighted by Gasteiger charge is 2.28. The van der Waals surface area contributed by atoms with Crippen molar-refractivity contribution in [2.45, 2.75) is 32.4 Å². The number of nitrogens with one attached hydrogen (secondary N) is 1. The van der Waals surface area contributed by atoms with Crippen LogP contribution in [0.5, 0.6) is 6.01 Å². The quantitative estimate of drug-likeness (QED) is 0.506. The van der Waals surface area contributed by atoms with E-state index in [1.165, 1.54) is 11.8 Å². The van der Waals surface area contributed by atoms with Gasteiger partial charge in [-0.2, -0.15) is 9.97 Å². The number of ether oxygens (including phenoxy) is 1. The third-order valence-corrected chi connectivity index (χ3v) is 6.86. The lowest BCUT2D eigenvalue weighted by Crippen LogP contribution is -2.44. The van der Waals surface area contributed by atoms with Crippen LogP contribution in [-0.4, -0.2) is 87.6 Å². The summed E-state index contributed by atoms with van der Waals surface area (Å²) in [5.41, 5.74) is 3.54. The van der Waals surface area contributed by atoms with Gasteiger partial charge >= 0.3 is 6.01 Å². The number of piperazine rings is 1. The first-order valence-corrected chi connectivity index (χ1v) is 12.5. The van der Waals surface area contributed by atoms with Crippen molar-refractivity contribution in [3.05, 3.63) is 43.2 Å². The van der Waals surface area contributed by atoms with Gasteiger partial charge in [0.2, 0.25) is 5.91 Å². The highest BCUT2D eigenvalue weighted by molar-refractivity contribution is 5.87. The number of likely N-dealkylation sites (tertiary alicyclic amines) is 1. The fourth-order valence-corrected chi connectivity index (χ4v) is 4.67. The van der Waals surface area contributed by atoms with Gasteiger partial charge in [0, 0.05) is 56.6 Å². The van der Waals surface area contributed by atoms with Gasteiger partial charge in [-0.25, -0.2) is 4.98 Å². The van der Waals surface area contributed by atoms with E-state index in [9.17, 15) is 4.79 Å². The van der Waals surface area contributed by atoms with Crippen LogP contribution in [0, 0.1) is 0 Å². The molecule has 5 rings (SSSR count). The minimum Gasteiger partial charge on any atom is -0.458 e. The molecule has 1 amide bonds. The van der Waals surface area contributed by atoms with Crippen molar-refractivity contribution in [3.63, 3.8) is 0 Å². The predicted molar refractivity (Wildman–Crippen MR) is 141 cm³/mol. The number of benzene rings is 1. The second-order valence-electron chi connectivity index (χ2n) is 9.75. The fourth-order valence-electron chi connectivity index (χ4n) is 4.67. The van der Waals surface area contributed by atoms with Crippen LogP contribution in [0.15, 0.2) is 43.2 Å². The molecule has 10 nitrogen and oxygen atoms in total. The van der Waals surface area contributed by atoms with Crippen LogP contribution in [0.2, 0.25) is 0 Å². The molecule has 1 aromatic carbocycles. The molecular weight excluding hydrogens is 456 g/mol. The minimum absolute atomic E-state index is 0.0854. The van der Waals surface area contributed by atoms with E-state index in [1.54, 1.807) is 11.2 Å². The summed E-state index contributed by atoms with van der Waals surface area (Å²) in [7, 11) is 2.16. The van der Waals surface area contributed by atoms with Crippen molar-refractivity contribution >= 4 is 34.3 Å². The van der Waals surface area contributed by atoms with E-state index in [2.05, 4.69) is 81.8 Å². The summed E-state index contributed by atoms with van der Waals surface area (Å²) in [6.45, 7) is 13.1. The molecule has 2 fully saturated rings. The largest absolute Gasteiger partial charge is 0.458 e. The number of hydrogen-bond acceptors (Lipinski definition) is 8. The molecule has 4 heterocycles. The third-order valence-electron chi connectivity index (χ3n) is 6.86. The first-order valence-electron chi connectivity index (χ1n) is 12.5. The lowest BCUT2D eigenvalue weighted by atomic mass is 10.2. The van der Waals surface area contributed by atoms with Gasteiger partial charge in [0.1, 0.15) is 6.10 Å². The molecule has 0 bridgehead atoms. The molecule has 36 heavy (non-hydrogen) atoms. The Labute approximate surface area is 211 Å². The van der Waals surface area contributed by atoms with Crippen LogP contribution < -0.4 is 15.0 Å². The van der Waals surface area contributed by atoms with Crippen LogP contribution >= 0.6 is 0 Å². The second-order valence-corrected chi connectivity index (χ2v) is 9.75. The molecule has 2 saturated heterocycles. The summed E-state index contributed by atoms with van der Waals surface area (Å²) in [5, 5.41) is 3.43. The van der Waals surface area contributed by atoms with Crippen LogP contribution in [0.1, 0.15) is 26.3 Å². The van der Waals surface area contributed by atoms with Crippen LogP contribution in [0.3, 0.4) is 0 Å². The molecule has 0 saturated carbocycles. The van der Waals surface area contributed by atoms with E-state index >= 15 is 0 Å². The molecule has 0 spiro atoms. The SMILES string of the molecule is C=CC(=O)N1CC[C@@H](Oc2nc(Nc3ccc(N4CCN(C)CC4)cc3)c3ncn(C(C)C)c3n2)C1. The molecule has 2 aromatic heterocycles. The zero-order chi connectivity index (χ0) is 25.2. The Balaban J connectivity index is 1.38. The van der Waals surface area contributed by atoms with Crippen LogP contribution in [0.4, 0.5) is 17.2 Å². The average Bonchev–Trinajstić information content (AvgIpc) is 3.52. The Bertz CT molecular complexity index is 1230. The summed E-state index contributed by atoms with van der Waals surface area (Å²) in [6, 6.07) is 8.87. The Morgan fingerprint density at radius 3 is 2.58 bits per heavy atom. The van der Waals surface area contributed by atoms with Gasteiger partial charge in [0.05, 0.1) is 12.9 Å². The molecule has 2 aliphatic heterocycles. The third kappa shape index (κ3) is 4.99. The smallest absolute Gasteiger partial charge is 0.320 e. The zero-order valence-corrected chi connectivity index (χ0v) is 21.2. The highest BCUT2D eigenvalue weighted by atomic mass is 16.5. The number of amides is 1. The second kappa shape index (κ2) is 10.1. The first kappa shape index (κ1) is 24.1. The molecule has 0 radical (unpaired) electrons. The maximum atomic E-state index is 12.0. The number of hydrogen-bond donors (Lipinski definition) is 1. The summed E-state index contributed by atoms with van der Waals surface area (Å²) >= 11 is 0. The Morgan fingerprint density at radius 1 is 1.14 bits per heavy atom. The Hall–Kier alpha value is -3.66. The number of nitrogens with zero attached hydrogens (tertiary/aromatic N) is 7. The Morgan fingerprint density at radius 2 is 1.89 bits per heavy atom. The monoisotopic (exact) mass is 490 g/mol. The normalized spacial score (nSPS) is 18.7. The molecule has 2 aliphatic rings. The van der Waals surface area contributed by atoms with E-state index < -0.39 is 0 Å². The van der Waals surface area contributed by atoms with Crippen molar-refractivity contribution in [1.29, 1.82) is 0 Å². The lowest BCUT2D eigenvalue weighted by Gasteiger charge is -2.34. The summed E-state index contributed by atoms with van der Waals surface area (Å²) in [4.78, 5) is 32.4. The fraction of sp³-hybridized carbons (Fsp3) is 0.462. The summed E-state index contributed by atoms with van der Waals surface area (Å²) in [5.74, 6) is 0.511. The van der Waals surface area contributed by atoms with Crippen LogP contribution in [0.25, 0.3) is 11.2 Å². The summed E-state index contributed by atoms with van der Waals surface area (Å²) < 4.78 is 8.16. The molecule has 10 heteroatoms. The van der Waals surface area contributed by atoms with Crippen molar-refractivity contribution in [2.24, 2.45) is 0 Å². The van der Waals surface area contributed by atoms with Gasteiger partial charge in [-0.1, -0.05) is 6.58 Å². The highest BCUT2D eigenvalue weighted by Crippen LogP contribution is 2.29. The number of fused-ring (bicyclic) bond motifs is 1. The average molecular weight is 491 g/mol. The molecular formula is C26H34N8O2. The topological polar surface area (TPSA) is 91.7 Å². The van der Waals surface area contributed by atoms with Crippen molar-refractivity contribution < 1.29 is 9.53 Å². The van der Waals surface area contributed by atoms with Gasteiger partial charge < -0.3 is 29.3 Å². The summed E-state index contributed by atoms with van der Waals surface area (Å²) in [6.07, 6.45) is 3.68. The van der Waals surface area contributed by atoms with E-state index in [0.717, 1.165) is 38.3 Å². The minimum atomic E-state index is -0.169. The van der Waals surface area contributed by atoms with Crippen LogP contribution in [-0.2, 0) is 4.79 Å². The number of aromatic nitrogens is 4. The molecule has 0 unspecified atom stereocenters. The maximum Gasteiger partial charge on any atom is 0.320 e. The van der Waals surface area contributed by atoms with Gasteiger partial charge in [0.15, 0.2) is 17.0 Å². The van der Waals surface area contributed by atoms with Gasteiger partial charge in [-0.15, -0.1) is 0 Å². The van der Waals surface area contributed by atoms with Crippen molar-refractivity contribution in [1.82, 2.24) is 29.3 Å². The van der Waals surface area contributed by atoms with E-state index in [4.69, 9.17) is 4.74 Å². The molecule has 1 atom stereocenters. The Kier molecular flexibility index (Phi) is 6.77. The number of rotatable bonds is 7. The van der Waals surface area contributed by atoms with E-state index in [-0.39, 0.29) is 24.1 Å². The predicted octanol–water partition coefficient (Wildman–Crippen LogP) is 3.07. The standard InChI is InChI=1S/C26H34N8O2/c1-5-22(35)33-11-10-21(16-33)36-26-29-24(23-25(30-26)34(17-27-23)18(2)3)28-19-6-8-20(9-7-19)32-14-12-31(4)13-15-32/h5-9,17-18,21H,1,10-16H2,2-4H3,(H,28,29,30)/t21-/m1/s1. The zero-order valence-electron chi connectivity index (χ0n) is 21.2. The number of anilines is 3. The van der Waals surface area contributed by atoms with Crippen molar-refractivity contribution in [3.8, 4) is 6.01 Å². The van der Waals surface area contributed by atoms with Crippen molar-refractivity contribution in [2.75, 3.05) is 56.5 Å². The van der Waals surface area contributed by atoms with E-state index in [0.29, 0.717) is 30.1 Å². The molecule has 3 aromatic rings. The maximum absolute atomic E-state index is 12.0. The lowest BCUT2D eigenvalue weighted by molar-refractivity contribution is -0.125. The number of carbonyl (C=O) groups is 1. The van der Waals surface area contributed by atoms with Gasteiger partial charge in [0.25, 0.3) is 0 Å². The number of carbonyl (C=O) groups excluding carboxylic acids is 1. The molecule has 190 valence electrons. The number of imidazole rings is 1. The molecule has 1 N–H and O–H groups in total. The number of likely N-dealkylation sites (N-methyl/N-ethyl adjacent to an activating group) is 1. The van der Waals surface area contributed by atoms with Gasteiger partial charge in [-0.3, -0.25) is 4.79 Å². The molecule has 0 aliphatic carbocycles.